The van der Waals surface area contributed by atoms with Crippen molar-refractivity contribution in [1.29, 1.82) is 0 Å². The lowest BCUT2D eigenvalue weighted by Gasteiger charge is -2.13. The fraction of sp³-hybridized carbons (Fsp3) is 0.583. The van der Waals surface area contributed by atoms with E-state index in [9.17, 15) is 4.79 Å². The number of thioether (sulfide) groups is 1. The van der Waals surface area contributed by atoms with Crippen molar-refractivity contribution in [2.75, 3.05) is 18.3 Å². The molecule has 1 aromatic rings. The van der Waals surface area contributed by atoms with Crippen LogP contribution < -0.4 is 11.3 Å². The molecule has 3 N–H and O–H groups in total. The number of aromatic nitrogens is 2. The van der Waals surface area contributed by atoms with Gasteiger partial charge in [0.2, 0.25) is 5.95 Å². The minimum Gasteiger partial charge on any atom is -0.469 e. The predicted octanol–water partition coefficient (Wildman–Crippen LogP) is 1.51. The molecule has 0 saturated heterocycles. The number of rotatable bonds is 6. The Bertz CT molecular complexity index is 477. The average Bonchev–Trinajstić information content (AvgIpc) is 3.18. The van der Waals surface area contributed by atoms with E-state index in [-0.39, 0.29) is 11.4 Å². The summed E-state index contributed by atoms with van der Waals surface area (Å²) < 4.78 is 4.74. The van der Waals surface area contributed by atoms with Crippen LogP contribution in [0.15, 0.2) is 11.2 Å². The van der Waals surface area contributed by atoms with Crippen LogP contribution in [0.5, 0.6) is 0 Å². The zero-order valence-electron chi connectivity index (χ0n) is 11.1. The van der Waals surface area contributed by atoms with Crippen molar-refractivity contribution in [2.24, 2.45) is 11.3 Å². The predicted molar refractivity (Wildman–Crippen MR) is 73.6 cm³/mol. The molecular weight excluding hydrogens is 264 g/mol. The first kappa shape index (κ1) is 14.1. The van der Waals surface area contributed by atoms with Gasteiger partial charge in [0.1, 0.15) is 5.03 Å². The molecule has 0 unspecified atom stereocenters. The number of nitrogens with zero attached hydrogens (tertiary/aromatic N) is 2. The number of aryl methyl sites for hydroxylation is 1. The van der Waals surface area contributed by atoms with Crippen LogP contribution in [0, 0.1) is 12.3 Å². The van der Waals surface area contributed by atoms with Gasteiger partial charge in [0.25, 0.3) is 0 Å². The summed E-state index contributed by atoms with van der Waals surface area (Å²) in [5, 5.41) is 0.902. The highest BCUT2D eigenvalue weighted by atomic mass is 32.2. The first-order valence-corrected chi connectivity index (χ1v) is 7.07. The number of anilines is 1. The molecule has 0 amide bonds. The molecule has 0 aromatic carbocycles. The van der Waals surface area contributed by atoms with E-state index in [4.69, 9.17) is 10.6 Å². The van der Waals surface area contributed by atoms with E-state index in [1.54, 1.807) is 18.0 Å². The minimum atomic E-state index is -0.137. The van der Waals surface area contributed by atoms with Crippen molar-refractivity contribution in [1.82, 2.24) is 9.97 Å². The number of carbonyl (C=O) groups excluding carboxylic acids is 1. The van der Waals surface area contributed by atoms with Gasteiger partial charge in [-0.1, -0.05) is 0 Å². The summed E-state index contributed by atoms with van der Waals surface area (Å²) in [5.74, 6) is 6.44. The Hall–Kier alpha value is -1.34. The number of carbonyl (C=O) groups is 1. The van der Waals surface area contributed by atoms with Gasteiger partial charge in [-0.25, -0.2) is 15.8 Å². The Morgan fingerprint density at radius 3 is 2.95 bits per heavy atom. The maximum Gasteiger partial charge on any atom is 0.306 e. The Balaban J connectivity index is 1.97. The molecule has 2 rings (SSSR count). The van der Waals surface area contributed by atoms with Gasteiger partial charge in [0.05, 0.1) is 13.5 Å². The number of hydrogen-bond donors (Lipinski definition) is 2. The summed E-state index contributed by atoms with van der Waals surface area (Å²) in [6.45, 7) is 1.96. The molecule has 1 aliphatic carbocycles. The lowest BCUT2D eigenvalue weighted by molar-refractivity contribution is -0.141. The van der Waals surface area contributed by atoms with Crippen LogP contribution in [-0.4, -0.2) is 28.8 Å². The Labute approximate surface area is 116 Å². The smallest absolute Gasteiger partial charge is 0.306 e. The summed E-state index contributed by atoms with van der Waals surface area (Å²) >= 11 is 1.64. The molecule has 0 atom stereocenters. The molecule has 1 aromatic heterocycles. The molecule has 0 radical (unpaired) electrons. The Morgan fingerprint density at radius 2 is 2.37 bits per heavy atom. The van der Waals surface area contributed by atoms with E-state index >= 15 is 0 Å². The topological polar surface area (TPSA) is 90.1 Å². The zero-order chi connectivity index (χ0) is 13.9. The van der Waals surface area contributed by atoms with Gasteiger partial charge in [-0.2, -0.15) is 0 Å². The van der Waals surface area contributed by atoms with E-state index in [1.807, 2.05) is 6.92 Å². The average molecular weight is 282 g/mol. The number of methoxy groups -OCH3 is 1. The fourth-order valence-corrected chi connectivity index (χ4v) is 3.06. The molecule has 6 nitrogen and oxygen atoms in total. The highest BCUT2D eigenvalue weighted by Crippen LogP contribution is 2.52. The maximum atomic E-state index is 11.4. The summed E-state index contributed by atoms with van der Waals surface area (Å²) in [6, 6.07) is 0. The van der Waals surface area contributed by atoms with Crippen LogP contribution in [-0.2, 0) is 9.53 Å². The van der Waals surface area contributed by atoms with Gasteiger partial charge in [-0.05, 0) is 30.7 Å². The van der Waals surface area contributed by atoms with Crippen molar-refractivity contribution in [2.45, 2.75) is 31.2 Å². The number of nitrogen functional groups attached to an aromatic ring is 1. The van der Waals surface area contributed by atoms with Gasteiger partial charge in [-0.3, -0.25) is 10.2 Å². The maximum absolute atomic E-state index is 11.4. The lowest BCUT2D eigenvalue weighted by atomic mass is 10.1. The van der Waals surface area contributed by atoms with Gasteiger partial charge in [0, 0.05) is 11.9 Å². The first-order chi connectivity index (χ1) is 9.08. The molecule has 19 heavy (non-hydrogen) atoms. The van der Waals surface area contributed by atoms with E-state index < -0.39 is 0 Å². The van der Waals surface area contributed by atoms with Crippen molar-refractivity contribution in [3.05, 3.63) is 11.8 Å². The van der Waals surface area contributed by atoms with Gasteiger partial charge >= 0.3 is 5.97 Å². The van der Waals surface area contributed by atoms with E-state index in [0.717, 1.165) is 29.2 Å². The summed E-state index contributed by atoms with van der Waals surface area (Å²) in [5.41, 5.74) is 3.54. The summed E-state index contributed by atoms with van der Waals surface area (Å²) in [7, 11) is 1.43. The largest absolute Gasteiger partial charge is 0.469 e. The van der Waals surface area contributed by atoms with E-state index in [1.165, 1.54) is 7.11 Å². The number of esters is 1. The van der Waals surface area contributed by atoms with Crippen LogP contribution in [0.1, 0.15) is 24.8 Å². The van der Waals surface area contributed by atoms with Crippen molar-refractivity contribution >= 4 is 23.7 Å². The monoisotopic (exact) mass is 282 g/mol. The van der Waals surface area contributed by atoms with Crippen LogP contribution in [0.4, 0.5) is 5.95 Å². The molecule has 1 heterocycles. The van der Waals surface area contributed by atoms with E-state index in [0.29, 0.717) is 12.4 Å². The highest BCUT2D eigenvalue weighted by Gasteiger charge is 2.44. The fourth-order valence-electron chi connectivity index (χ4n) is 1.79. The molecule has 0 spiro atoms. The molecule has 1 saturated carbocycles. The number of hydrogen-bond acceptors (Lipinski definition) is 7. The second-order valence-electron chi connectivity index (χ2n) is 4.87. The number of nitrogens with one attached hydrogen (secondary N) is 1. The van der Waals surface area contributed by atoms with Crippen molar-refractivity contribution in [3.8, 4) is 0 Å². The Morgan fingerprint density at radius 1 is 1.63 bits per heavy atom. The van der Waals surface area contributed by atoms with Crippen LogP contribution in [0.25, 0.3) is 0 Å². The molecular formula is C12H18N4O2S. The SMILES string of the molecule is COC(=O)CC1(CSc2nc(NN)ncc2C)CC1. The number of ether oxygens (including phenoxy) is 1. The second kappa shape index (κ2) is 5.75. The first-order valence-electron chi connectivity index (χ1n) is 6.08. The summed E-state index contributed by atoms with van der Waals surface area (Å²) in [4.78, 5) is 19.7. The third-order valence-electron chi connectivity index (χ3n) is 3.27. The summed E-state index contributed by atoms with van der Waals surface area (Å²) in [6.07, 6.45) is 4.37. The van der Waals surface area contributed by atoms with E-state index in [2.05, 4.69) is 15.4 Å². The zero-order valence-corrected chi connectivity index (χ0v) is 11.9. The van der Waals surface area contributed by atoms with Gasteiger partial charge < -0.3 is 4.74 Å². The Kier molecular flexibility index (Phi) is 4.26. The molecule has 0 bridgehead atoms. The normalized spacial score (nSPS) is 15.9. The van der Waals surface area contributed by atoms with Crippen LogP contribution in [0.3, 0.4) is 0 Å². The molecule has 1 aliphatic rings. The quantitative estimate of drug-likeness (QED) is 0.269. The number of nitrogens with two attached hydrogens (primary N) is 1. The highest BCUT2D eigenvalue weighted by molar-refractivity contribution is 7.99. The molecule has 7 heteroatoms. The van der Waals surface area contributed by atoms with Crippen LogP contribution in [0.2, 0.25) is 0 Å². The van der Waals surface area contributed by atoms with Gasteiger partial charge in [-0.15, -0.1) is 11.8 Å². The second-order valence-corrected chi connectivity index (χ2v) is 5.83. The lowest BCUT2D eigenvalue weighted by Crippen LogP contribution is -2.14. The van der Waals surface area contributed by atoms with Crippen LogP contribution >= 0.6 is 11.8 Å². The minimum absolute atomic E-state index is 0.0887. The van der Waals surface area contributed by atoms with Crippen molar-refractivity contribution < 1.29 is 9.53 Å². The number of hydrazine groups is 1. The van der Waals surface area contributed by atoms with Gasteiger partial charge in [0.15, 0.2) is 0 Å². The molecule has 0 aliphatic heterocycles. The molecule has 104 valence electrons. The molecule has 1 fully saturated rings. The van der Waals surface area contributed by atoms with Crippen molar-refractivity contribution in [3.63, 3.8) is 0 Å². The third kappa shape index (κ3) is 3.57. The standard InChI is InChI=1S/C12H18N4O2S/c1-8-6-14-11(16-13)15-10(8)19-7-12(3-4-12)5-9(17)18-2/h6H,3-5,7,13H2,1-2H3,(H,14,15,16). The third-order valence-corrected chi connectivity index (χ3v) is 4.72.